The number of urea groups is 1. The summed E-state index contributed by atoms with van der Waals surface area (Å²) in [6, 6.07) is 15.1. The average Bonchev–Trinajstić information content (AvgIpc) is 3.29. The van der Waals surface area contributed by atoms with Crippen molar-refractivity contribution in [1.29, 1.82) is 5.26 Å². The molecule has 7 nitrogen and oxygen atoms in total. The largest absolute Gasteiger partial charge is 0.336 e. The minimum Gasteiger partial charge on any atom is -0.336 e. The Morgan fingerprint density at radius 3 is 2.36 bits per heavy atom. The van der Waals surface area contributed by atoms with Crippen LogP contribution in [0.25, 0.3) is 5.70 Å². The topological polar surface area (TPSA) is 79.7 Å². The second kappa shape index (κ2) is 11.1. The van der Waals surface area contributed by atoms with Gasteiger partial charge in [-0.3, -0.25) is 4.79 Å². The molecule has 186 valence electrons. The number of nitriles is 1. The highest BCUT2D eigenvalue weighted by Gasteiger charge is 2.33. The molecule has 0 radical (unpaired) electrons. The van der Waals surface area contributed by atoms with Crippen molar-refractivity contribution < 1.29 is 14.0 Å². The molecule has 0 saturated carbocycles. The molecule has 0 aromatic heterocycles. The summed E-state index contributed by atoms with van der Waals surface area (Å²) in [5.74, 6) is -0.756. The third-order valence-corrected chi connectivity index (χ3v) is 6.92. The highest BCUT2D eigenvalue weighted by Crippen LogP contribution is 2.45. The van der Waals surface area contributed by atoms with E-state index >= 15 is 0 Å². The molecule has 0 unspecified atom stereocenters. The minimum atomic E-state index is -0.398. The van der Waals surface area contributed by atoms with Crippen molar-refractivity contribution in [2.75, 3.05) is 31.1 Å². The quantitative estimate of drug-likeness (QED) is 0.447. The summed E-state index contributed by atoms with van der Waals surface area (Å²) < 4.78 is 13.6. The van der Waals surface area contributed by atoms with Crippen LogP contribution in [0.2, 0.25) is 5.02 Å². The third kappa shape index (κ3) is 5.50. The number of anilines is 1. The van der Waals surface area contributed by atoms with Crippen LogP contribution in [-0.2, 0) is 4.79 Å². The van der Waals surface area contributed by atoms with Crippen molar-refractivity contribution >= 4 is 46.7 Å². The van der Waals surface area contributed by atoms with Crippen molar-refractivity contribution in [1.82, 2.24) is 15.1 Å². The van der Waals surface area contributed by atoms with Crippen molar-refractivity contribution in [3.05, 3.63) is 80.9 Å². The summed E-state index contributed by atoms with van der Waals surface area (Å²) >= 11 is 7.52. The fourth-order valence-corrected chi connectivity index (χ4v) is 5.19. The van der Waals surface area contributed by atoms with Gasteiger partial charge in [0.2, 0.25) is 0 Å². The Morgan fingerprint density at radius 2 is 1.75 bits per heavy atom. The Morgan fingerprint density at radius 1 is 1.08 bits per heavy atom. The first-order chi connectivity index (χ1) is 17.3. The van der Waals surface area contributed by atoms with Gasteiger partial charge in [0.05, 0.1) is 5.70 Å². The van der Waals surface area contributed by atoms with Gasteiger partial charge in [0.1, 0.15) is 22.5 Å². The molecular weight excluding hydrogens is 501 g/mol. The molecule has 1 fully saturated rings. The number of nitrogens with one attached hydrogen (secondary N) is 1. The van der Waals surface area contributed by atoms with E-state index in [9.17, 15) is 19.2 Å². The van der Waals surface area contributed by atoms with E-state index in [1.807, 2.05) is 25.3 Å². The zero-order chi connectivity index (χ0) is 25.8. The van der Waals surface area contributed by atoms with Crippen LogP contribution in [0.3, 0.4) is 0 Å². The Hall–Kier alpha value is -3.48. The number of rotatable bonds is 4. The third-order valence-electron chi connectivity index (χ3n) is 5.74. The zero-order valence-electron chi connectivity index (χ0n) is 19.9. The number of halogens is 2. The van der Waals surface area contributed by atoms with Gasteiger partial charge >= 0.3 is 6.03 Å². The van der Waals surface area contributed by atoms with Gasteiger partial charge < -0.3 is 20.0 Å². The van der Waals surface area contributed by atoms with E-state index in [1.165, 1.54) is 23.9 Å². The minimum absolute atomic E-state index is 0.00609. The normalized spacial score (nSPS) is 17.1. The van der Waals surface area contributed by atoms with Crippen LogP contribution in [0.1, 0.15) is 19.4 Å². The lowest BCUT2D eigenvalue weighted by Gasteiger charge is -2.35. The summed E-state index contributed by atoms with van der Waals surface area (Å²) in [6.07, 6.45) is 0. The number of nitrogens with zero attached hydrogens (tertiary/aromatic N) is 4. The Bertz CT molecular complexity index is 1260. The number of hydrogen-bond acceptors (Lipinski definition) is 5. The molecule has 0 spiro atoms. The van der Waals surface area contributed by atoms with Crippen molar-refractivity contribution in [2.24, 2.45) is 0 Å². The van der Waals surface area contributed by atoms with E-state index in [0.717, 1.165) is 5.56 Å². The van der Waals surface area contributed by atoms with Crippen LogP contribution in [0.15, 0.2) is 64.5 Å². The van der Waals surface area contributed by atoms with Crippen LogP contribution in [0.4, 0.5) is 14.9 Å². The van der Waals surface area contributed by atoms with Gasteiger partial charge in [0.25, 0.3) is 5.91 Å². The lowest BCUT2D eigenvalue weighted by molar-refractivity contribution is -0.128. The smallest absolute Gasteiger partial charge is 0.317 e. The lowest BCUT2D eigenvalue weighted by atomic mass is 10.1. The number of hydrogen-bond donors (Lipinski definition) is 1. The average molecular weight is 526 g/mol. The second-order valence-corrected chi connectivity index (χ2v) is 9.91. The van der Waals surface area contributed by atoms with E-state index in [0.29, 0.717) is 47.6 Å². The lowest BCUT2D eigenvalue weighted by Crippen LogP contribution is -2.54. The number of benzene rings is 2. The summed E-state index contributed by atoms with van der Waals surface area (Å²) in [6.45, 7) is 5.18. The molecule has 3 amide bonds. The van der Waals surface area contributed by atoms with Crippen LogP contribution in [-0.4, -0.2) is 54.0 Å². The van der Waals surface area contributed by atoms with E-state index in [2.05, 4.69) is 11.4 Å². The maximum Gasteiger partial charge on any atom is 0.317 e. The fourth-order valence-electron chi connectivity index (χ4n) is 3.98. The molecule has 0 bridgehead atoms. The number of thioether (sulfide) groups is 1. The van der Waals surface area contributed by atoms with Gasteiger partial charge in [-0.25, -0.2) is 9.18 Å². The molecule has 2 aliphatic heterocycles. The van der Waals surface area contributed by atoms with E-state index in [-0.39, 0.29) is 23.5 Å². The van der Waals surface area contributed by atoms with Gasteiger partial charge in [0, 0.05) is 48.3 Å². The van der Waals surface area contributed by atoms with Gasteiger partial charge in [-0.05, 0) is 61.9 Å². The van der Waals surface area contributed by atoms with E-state index < -0.39 is 5.91 Å². The van der Waals surface area contributed by atoms with Crippen molar-refractivity contribution in [3.63, 3.8) is 0 Å². The highest BCUT2D eigenvalue weighted by molar-refractivity contribution is 8.06. The second-order valence-electron chi connectivity index (χ2n) is 8.62. The molecule has 10 heteroatoms. The predicted molar refractivity (Wildman–Crippen MR) is 140 cm³/mol. The maximum atomic E-state index is 13.6. The zero-order valence-corrected chi connectivity index (χ0v) is 21.4. The van der Waals surface area contributed by atoms with E-state index in [4.69, 9.17) is 11.6 Å². The van der Waals surface area contributed by atoms with Gasteiger partial charge in [-0.2, -0.15) is 5.26 Å². The molecule has 2 aromatic carbocycles. The fraction of sp³-hybridized carbons (Fsp3) is 0.269. The molecule has 36 heavy (non-hydrogen) atoms. The highest BCUT2D eigenvalue weighted by atomic mass is 35.5. The molecule has 0 atom stereocenters. The molecule has 4 rings (SSSR count). The Balaban J connectivity index is 1.63. The Kier molecular flexibility index (Phi) is 7.87. The number of piperazine rings is 1. The monoisotopic (exact) mass is 525 g/mol. The SMILES string of the molecule is CC(C)NC(=O)N1CCN(C(=O)C(C#N)=C2SC=C(c3ccc(F)cc3)N2c2cccc(Cl)c2)CC1. The summed E-state index contributed by atoms with van der Waals surface area (Å²) in [5, 5.41) is 15.7. The molecule has 1 N–H and O–H groups in total. The molecule has 0 aliphatic carbocycles. The summed E-state index contributed by atoms with van der Waals surface area (Å²) in [4.78, 5) is 30.9. The summed E-state index contributed by atoms with van der Waals surface area (Å²) in [5.41, 5.74) is 2.10. The van der Waals surface area contributed by atoms with Crippen LogP contribution < -0.4 is 10.2 Å². The first-order valence-electron chi connectivity index (χ1n) is 11.5. The van der Waals surface area contributed by atoms with Gasteiger partial charge in [-0.1, -0.05) is 29.4 Å². The standard InChI is InChI=1S/C26H25ClFN5O2S/c1-17(2)30-26(35)32-12-10-31(11-13-32)24(34)22(15-29)25-33(21-5-3-4-19(27)14-21)23(16-36-25)18-6-8-20(28)9-7-18/h3-9,14,16-17H,10-13H2,1-2H3,(H,30,35). The molecule has 2 aromatic rings. The van der Waals surface area contributed by atoms with Gasteiger partial charge in [0.15, 0.2) is 0 Å². The van der Waals surface area contributed by atoms with Crippen molar-refractivity contribution in [2.45, 2.75) is 19.9 Å². The predicted octanol–water partition coefficient (Wildman–Crippen LogP) is 5.03. The van der Waals surface area contributed by atoms with Crippen LogP contribution in [0.5, 0.6) is 0 Å². The Labute approximate surface area is 218 Å². The van der Waals surface area contributed by atoms with Crippen LogP contribution in [0, 0.1) is 17.1 Å². The molecular formula is C26H25ClFN5O2S. The number of carbonyl (C=O) groups excluding carboxylic acids is 2. The number of carbonyl (C=O) groups is 2. The van der Waals surface area contributed by atoms with Crippen molar-refractivity contribution in [3.8, 4) is 6.07 Å². The first-order valence-corrected chi connectivity index (χ1v) is 12.7. The maximum absolute atomic E-state index is 13.6. The van der Waals surface area contributed by atoms with Gasteiger partial charge in [-0.15, -0.1) is 0 Å². The van der Waals surface area contributed by atoms with E-state index in [1.54, 1.807) is 45.0 Å². The number of amides is 3. The molecule has 2 heterocycles. The summed E-state index contributed by atoms with van der Waals surface area (Å²) in [7, 11) is 0. The molecule has 1 saturated heterocycles. The van der Waals surface area contributed by atoms with Crippen LogP contribution >= 0.6 is 23.4 Å². The molecule has 2 aliphatic rings. The first kappa shape index (κ1) is 25.6.